The van der Waals surface area contributed by atoms with Crippen LogP contribution in [0.4, 0.5) is 0 Å². The number of H-pyrrole nitrogens is 1. The first kappa shape index (κ1) is 25.9. The number of nitrogens with one attached hydrogen (secondary N) is 1. The van der Waals surface area contributed by atoms with E-state index < -0.39 is 10.0 Å². The molecule has 0 aliphatic carbocycles. The van der Waals surface area contributed by atoms with Gasteiger partial charge < -0.3 is 9.88 Å². The number of carbonyl (C=O) groups excluding carboxylic acids is 1. The van der Waals surface area contributed by atoms with Crippen molar-refractivity contribution < 1.29 is 13.2 Å². The van der Waals surface area contributed by atoms with Crippen molar-refractivity contribution in [2.24, 2.45) is 0 Å². The van der Waals surface area contributed by atoms with Gasteiger partial charge in [0.2, 0.25) is 10.0 Å². The summed E-state index contributed by atoms with van der Waals surface area (Å²) in [5.74, 6) is 0.634. The molecule has 37 heavy (non-hydrogen) atoms. The van der Waals surface area contributed by atoms with E-state index in [0.29, 0.717) is 37.8 Å². The fraction of sp³-hybridized carbons (Fsp3) is 0.483. The Kier molecular flexibility index (Phi) is 7.43. The molecule has 0 spiro atoms. The van der Waals surface area contributed by atoms with Crippen LogP contribution in [0.5, 0.6) is 0 Å². The zero-order chi connectivity index (χ0) is 26.2. The SMILES string of the molecule is CCS(=O)(=O)N1CCN(C(=O)c2[nH]c3ccccc3c2CN2CCC(c3c(C)cccc3C)CC2)CC1. The minimum absolute atomic E-state index is 0.0369. The highest BCUT2D eigenvalue weighted by molar-refractivity contribution is 7.89. The van der Waals surface area contributed by atoms with Crippen molar-refractivity contribution in [3.63, 3.8) is 0 Å². The van der Waals surface area contributed by atoms with Crippen LogP contribution in [0.2, 0.25) is 0 Å². The van der Waals surface area contributed by atoms with Gasteiger partial charge in [0.05, 0.1) is 5.75 Å². The Labute approximate surface area is 220 Å². The number of para-hydroxylation sites is 1. The van der Waals surface area contributed by atoms with Crippen LogP contribution >= 0.6 is 0 Å². The maximum atomic E-state index is 13.7. The van der Waals surface area contributed by atoms with Gasteiger partial charge in [-0.3, -0.25) is 9.69 Å². The summed E-state index contributed by atoms with van der Waals surface area (Å²) in [4.78, 5) is 21.4. The van der Waals surface area contributed by atoms with E-state index in [9.17, 15) is 13.2 Å². The van der Waals surface area contributed by atoms with E-state index in [4.69, 9.17) is 0 Å². The van der Waals surface area contributed by atoms with Gasteiger partial charge >= 0.3 is 0 Å². The van der Waals surface area contributed by atoms with Gasteiger partial charge in [0, 0.05) is 49.2 Å². The van der Waals surface area contributed by atoms with E-state index in [-0.39, 0.29) is 11.7 Å². The van der Waals surface area contributed by atoms with Gasteiger partial charge in [-0.2, -0.15) is 4.31 Å². The summed E-state index contributed by atoms with van der Waals surface area (Å²) >= 11 is 0. The van der Waals surface area contributed by atoms with Crippen molar-refractivity contribution in [3.05, 3.63) is 70.4 Å². The molecule has 2 aromatic carbocycles. The maximum absolute atomic E-state index is 13.7. The molecule has 3 heterocycles. The molecule has 2 aliphatic rings. The number of sulfonamides is 1. The van der Waals surface area contributed by atoms with Gasteiger partial charge in [-0.05, 0) is 75.4 Å². The number of aryl methyl sites for hydroxylation is 2. The second-order valence-electron chi connectivity index (χ2n) is 10.5. The fourth-order valence-corrected chi connectivity index (χ4v) is 7.22. The molecule has 0 saturated carbocycles. The normalized spacial score (nSPS) is 18.5. The fourth-order valence-electron chi connectivity index (χ4n) is 6.13. The Morgan fingerprint density at radius 2 is 1.57 bits per heavy atom. The number of likely N-dealkylation sites (tertiary alicyclic amines) is 1. The number of amides is 1. The second kappa shape index (κ2) is 10.6. The van der Waals surface area contributed by atoms with Gasteiger partial charge in [-0.1, -0.05) is 36.4 Å². The van der Waals surface area contributed by atoms with E-state index in [1.807, 2.05) is 18.2 Å². The van der Waals surface area contributed by atoms with Crippen LogP contribution in [0, 0.1) is 13.8 Å². The molecule has 5 rings (SSSR count). The molecule has 8 heteroatoms. The zero-order valence-electron chi connectivity index (χ0n) is 22.2. The first-order valence-electron chi connectivity index (χ1n) is 13.4. The summed E-state index contributed by atoms with van der Waals surface area (Å²) in [6.07, 6.45) is 2.23. The molecule has 0 radical (unpaired) electrons. The number of nitrogens with zero attached hydrogens (tertiary/aromatic N) is 3. The lowest BCUT2D eigenvalue weighted by Gasteiger charge is -2.35. The number of piperazine rings is 1. The van der Waals surface area contributed by atoms with Crippen LogP contribution in [-0.2, 0) is 16.6 Å². The first-order valence-corrected chi connectivity index (χ1v) is 15.0. The molecule has 7 nitrogen and oxygen atoms in total. The zero-order valence-corrected chi connectivity index (χ0v) is 23.0. The van der Waals surface area contributed by atoms with Crippen molar-refractivity contribution >= 4 is 26.8 Å². The van der Waals surface area contributed by atoms with Crippen LogP contribution in [0.3, 0.4) is 0 Å². The molecule has 2 saturated heterocycles. The number of aromatic amines is 1. The summed E-state index contributed by atoms with van der Waals surface area (Å²) in [5.41, 5.74) is 6.94. The Hall–Kier alpha value is -2.68. The highest BCUT2D eigenvalue weighted by atomic mass is 32.2. The Morgan fingerprint density at radius 1 is 0.919 bits per heavy atom. The lowest BCUT2D eigenvalue weighted by Crippen LogP contribution is -2.51. The molecule has 3 aromatic rings. The van der Waals surface area contributed by atoms with Gasteiger partial charge in [0.1, 0.15) is 5.69 Å². The topological polar surface area (TPSA) is 76.7 Å². The number of piperidine rings is 1. The van der Waals surface area contributed by atoms with E-state index >= 15 is 0 Å². The molecule has 2 fully saturated rings. The minimum atomic E-state index is -3.23. The third-order valence-electron chi connectivity index (χ3n) is 8.23. The number of benzene rings is 2. The van der Waals surface area contributed by atoms with Gasteiger partial charge in [-0.15, -0.1) is 0 Å². The van der Waals surface area contributed by atoms with Crippen molar-refractivity contribution in [3.8, 4) is 0 Å². The number of rotatable bonds is 6. The Morgan fingerprint density at radius 3 is 2.22 bits per heavy atom. The van der Waals surface area contributed by atoms with Crippen LogP contribution in [0.15, 0.2) is 42.5 Å². The largest absolute Gasteiger partial charge is 0.350 e. The Balaban J connectivity index is 1.32. The van der Waals surface area contributed by atoms with E-state index in [2.05, 4.69) is 48.0 Å². The third-order valence-corrected chi connectivity index (χ3v) is 10.1. The average Bonchev–Trinajstić information content (AvgIpc) is 3.27. The van der Waals surface area contributed by atoms with Gasteiger partial charge in [0.15, 0.2) is 0 Å². The number of fused-ring (bicyclic) bond motifs is 1. The highest BCUT2D eigenvalue weighted by Crippen LogP contribution is 2.34. The van der Waals surface area contributed by atoms with E-state index in [1.165, 1.54) is 21.0 Å². The van der Waals surface area contributed by atoms with Crippen LogP contribution in [0.25, 0.3) is 10.9 Å². The van der Waals surface area contributed by atoms with Crippen LogP contribution < -0.4 is 0 Å². The molecule has 2 aliphatic heterocycles. The minimum Gasteiger partial charge on any atom is -0.350 e. The summed E-state index contributed by atoms with van der Waals surface area (Å²) < 4.78 is 26.0. The molecule has 0 atom stereocenters. The predicted molar refractivity (Wildman–Crippen MR) is 148 cm³/mol. The molecule has 1 N–H and O–H groups in total. The summed E-state index contributed by atoms with van der Waals surface area (Å²) in [5, 5.41) is 1.09. The number of hydrogen-bond donors (Lipinski definition) is 1. The lowest BCUT2D eigenvalue weighted by atomic mass is 9.84. The van der Waals surface area contributed by atoms with E-state index in [1.54, 1.807) is 11.8 Å². The summed E-state index contributed by atoms with van der Waals surface area (Å²) in [6, 6.07) is 14.7. The highest BCUT2D eigenvalue weighted by Gasteiger charge is 2.31. The molecule has 1 amide bonds. The lowest BCUT2D eigenvalue weighted by molar-refractivity contribution is 0.0690. The molecular weight excluding hydrogens is 484 g/mol. The molecule has 198 valence electrons. The second-order valence-corrected chi connectivity index (χ2v) is 12.7. The van der Waals surface area contributed by atoms with Gasteiger partial charge in [0.25, 0.3) is 5.91 Å². The van der Waals surface area contributed by atoms with Gasteiger partial charge in [-0.25, -0.2) is 8.42 Å². The van der Waals surface area contributed by atoms with Crippen molar-refractivity contribution in [1.29, 1.82) is 0 Å². The van der Waals surface area contributed by atoms with Crippen LogP contribution in [0.1, 0.15) is 58.4 Å². The molecule has 0 bridgehead atoms. The predicted octanol–water partition coefficient (Wildman–Crippen LogP) is 4.27. The van der Waals surface area contributed by atoms with Crippen LogP contribution in [-0.4, -0.2) is 78.4 Å². The van der Waals surface area contributed by atoms with Crippen molar-refractivity contribution in [2.45, 2.75) is 46.1 Å². The third kappa shape index (κ3) is 5.19. The molecule has 1 aromatic heterocycles. The average molecular weight is 523 g/mol. The first-order chi connectivity index (χ1) is 17.8. The standard InChI is InChI=1S/C29H38N4O3S/c1-4-37(35,36)33-18-16-32(17-19-33)29(34)28-25(24-10-5-6-11-26(24)30-28)20-31-14-12-23(13-15-31)27-21(2)8-7-9-22(27)3/h5-11,23,30H,4,12-20H2,1-3H3. The molecular formula is C29H38N4O3S. The van der Waals surface area contributed by atoms with Crippen molar-refractivity contribution in [2.75, 3.05) is 45.0 Å². The maximum Gasteiger partial charge on any atom is 0.270 e. The monoisotopic (exact) mass is 522 g/mol. The Bertz CT molecular complexity index is 1360. The number of carbonyl (C=O) groups is 1. The van der Waals surface area contributed by atoms with Crippen molar-refractivity contribution in [1.82, 2.24) is 19.1 Å². The molecule has 0 unspecified atom stereocenters. The quantitative estimate of drug-likeness (QED) is 0.525. The van der Waals surface area contributed by atoms with E-state index in [0.717, 1.165) is 48.9 Å². The smallest absolute Gasteiger partial charge is 0.270 e. The summed E-state index contributed by atoms with van der Waals surface area (Å²) in [7, 11) is -3.23. The summed E-state index contributed by atoms with van der Waals surface area (Å²) in [6.45, 7) is 10.3. The number of aromatic nitrogens is 1. The number of hydrogen-bond acceptors (Lipinski definition) is 4.